The molecule has 6 heteroatoms. The standard InChI is InChI=1S/C25H31N5O/c1-3-19-14-24(30-23-7-5-4-6-22(23)27-25(30)21(19)15-26)28(2)20-8-11-29(12-9-20)16-18-10-13-31-17-18/h4-7,14,18,20H,3,8-13,16-17H2,1-2H3/t18-/m0/s1. The minimum Gasteiger partial charge on any atom is -0.381 e. The third-order valence-electron chi connectivity index (χ3n) is 7.14. The molecule has 162 valence electrons. The molecular formula is C25H31N5O. The number of piperidine rings is 1. The Balaban J connectivity index is 1.46. The number of anilines is 1. The summed E-state index contributed by atoms with van der Waals surface area (Å²) >= 11 is 0. The van der Waals surface area contributed by atoms with Crippen LogP contribution in [0.5, 0.6) is 0 Å². The zero-order valence-electron chi connectivity index (χ0n) is 18.5. The molecule has 0 unspecified atom stereocenters. The summed E-state index contributed by atoms with van der Waals surface area (Å²) in [5, 5.41) is 9.87. The number of hydrogen-bond acceptors (Lipinski definition) is 5. The summed E-state index contributed by atoms with van der Waals surface area (Å²) in [6.45, 7) is 7.41. The van der Waals surface area contributed by atoms with E-state index in [9.17, 15) is 5.26 Å². The lowest BCUT2D eigenvalue weighted by molar-refractivity contribution is 0.152. The van der Waals surface area contributed by atoms with E-state index in [2.05, 4.69) is 46.4 Å². The number of hydrogen-bond donors (Lipinski definition) is 0. The molecule has 6 nitrogen and oxygen atoms in total. The van der Waals surface area contributed by atoms with Crippen LogP contribution in [0, 0.1) is 17.2 Å². The van der Waals surface area contributed by atoms with Gasteiger partial charge in [-0.2, -0.15) is 5.26 Å². The van der Waals surface area contributed by atoms with Crippen LogP contribution in [0.3, 0.4) is 0 Å². The van der Waals surface area contributed by atoms with Crippen LogP contribution in [0.4, 0.5) is 5.82 Å². The topological polar surface area (TPSA) is 56.8 Å². The Morgan fingerprint density at radius 3 is 2.74 bits per heavy atom. The average molecular weight is 418 g/mol. The van der Waals surface area contributed by atoms with Crippen LogP contribution < -0.4 is 4.90 Å². The molecule has 1 atom stereocenters. The van der Waals surface area contributed by atoms with Crippen molar-refractivity contribution in [3.8, 4) is 6.07 Å². The fraction of sp³-hybridized carbons (Fsp3) is 0.520. The fourth-order valence-corrected chi connectivity index (χ4v) is 5.29. The maximum atomic E-state index is 9.87. The van der Waals surface area contributed by atoms with Crippen molar-refractivity contribution in [2.45, 2.75) is 38.6 Å². The Labute approximate surface area is 184 Å². The summed E-state index contributed by atoms with van der Waals surface area (Å²) in [6.07, 6.45) is 4.33. The first kappa shape index (κ1) is 20.3. The highest BCUT2D eigenvalue weighted by atomic mass is 16.5. The molecule has 0 N–H and O–H groups in total. The lowest BCUT2D eigenvalue weighted by Gasteiger charge is -2.38. The molecule has 1 aromatic carbocycles. The third kappa shape index (κ3) is 3.66. The minimum atomic E-state index is 0.484. The first-order valence-corrected chi connectivity index (χ1v) is 11.6. The fourth-order valence-electron chi connectivity index (χ4n) is 5.29. The van der Waals surface area contributed by atoms with Gasteiger partial charge >= 0.3 is 0 Å². The highest BCUT2D eigenvalue weighted by Crippen LogP contribution is 2.31. The molecule has 0 aliphatic carbocycles. The normalized spacial score (nSPS) is 20.5. The number of rotatable bonds is 5. The lowest BCUT2D eigenvalue weighted by Crippen LogP contribution is -2.45. The second kappa shape index (κ2) is 8.49. The smallest absolute Gasteiger partial charge is 0.157 e. The van der Waals surface area contributed by atoms with Crippen molar-refractivity contribution in [3.05, 3.63) is 41.5 Å². The summed E-state index contributed by atoms with van der Waals surface area (Å²) in [5.74, 6) is 1.85. The number of aromatic nitrogens is 2. The minimum absolute atomic E-state index is 0.484. The second-order valence-electron chi connectivity index (χ2n) is 9.00. The van der Waals surface area contributed by atoms with Gasteiger partial charge in [-0.3, -0.25) is 4.40 Å². The van der Waals surface area contributed by atoms with Crippen molar-refractivity contribution in [1.29, 1.82) is 5.26 Å². The molecule has 0 saturated carbocycles. The van der Waals surface area contributed by atoms with Gasteiger partial charge in [-0.05, 0) is 55.4 Å². The van der Waals surface area contributed by atoms with Crippen LogP contribution in [0.25, 0.3) is 16.7 Å². The Bertz CT molecular complexity index is 1120. The van der Waals surface area contributed by atoms with E-state index in [1.165, 1.54) is 13.0 Å². The first-order valence-electron chi connectivity index (χ1n) is 11.6. The van der Waals surface area contributed by atoms with E-state index < -0.39 is 0 Å². The molecule has 3 aromatic rings. The molecule has 2 fully saturated rings. The van der Waals surface area contributed by atoms with Crippen molar-refractivity contribution in [2.24, 2.45) is 5.92 Å². The maximum absolute atomic E-state index is 9.87. The summed E-state index contributed by atoms with van der Waals surface area (Å²) in [5.41, 5.74) is 4.56. The predicted octanol–water partition coefficient (Wildman–Crippen LogP) is 3.86. The molecule has 31 heavy (non-hydrogen) atoms. The van der Waals surface area contributed by atoms with Gasteiger partial charge in [-0.25, -0.2) is 4.98 Å². The summed E-state index contributed by atoms with van der Waals surface area (Å²) in [4.78, 5) is 9.89. The number of benzene rings is 1. The van der Waals surface area contributed by atoms with Gasteiger partial charge in [0.2, 0.25) is 0 Å². The van der Waals surface area contributed by atoms with Crippen molar-refractivity contribution in [1.82, 2.24) is 14.3 Å². The molecule has 4 heterocycles. The molecule has 0 amide bonds. The Morgan fingerprint density at radius 2 is 2.03 bits per heavy atom. The maximum Gasteiger partial charge on any atom is 0.157 e. The van der Waals surface area contributed by atoms with E-state index in [0.717, 1.165) is 73.6 Å². The number of nitrogens with zero attached hydrogens (tertiary/aromatic N) is 5. The average Bonchev–Trinajstić information content (AvgIpc) is 3.45. The largest absolute Gasteiger partial charge is 0.381 e. The van der Waals surface area contributed by atoms with Crippen LogP contribution in [0.15, 0.2) is 30.3 Å². The number of pyridine rings is 1. The van der Waals surface area contributed by atoms with Gasteiger partial charge in [0, 0.05) is 39.3 Å². The number of fused-ring (bicyclic) bond motifs is 3. The van der Waals surface area contributed by atoms with Crippen LogP contribution in [-0.4, -0.2) is 60.2 Å². The SMILES string of the molecule is CCc1cc(N(C)C2CCN(C[C@@H]3CCOC3)CC2)n2c(nc3ccccc32)c1C#N. The molecule has 2 aromatic heterocycles. The molecule has 0 radical (unpaired) electrons. The van der Waals surface area contributed by atoms with Gasteiger partial charge < -0.3 is 14.5 Å². The molecule has 0 spiro atoms. The number of ether oxygens (including phenoxy) is 1. The van der Waals surface area contributed by atoms with Crippen molar-refractivity contribution >= 4 is 22.5 Å². The molecular weight excluding hydrogens is 386 g/mol. The van der Waals surface area contributed by atoms with E-state index in [1.807, 2.05) is 18.2 Å². The van der Waals surface area contributed by atoms with Crippen molar-refractivity contribution < 1.29 is 4.74 Å². The zero-order valence-corrected chi connectivity index (χ0v) is 18.5. The third-order valence-corrected chi connectivity index (χ3v) is 7.14. The van der Waals surface area contributed by atoms with Crippen LogP contribution in [0.1, 0.15) is 37.3 Å². The molecule has 2 aliphatic rings. The second-order valence-corrected chi connectivity index (χ2v) is 9.00. The molecule has 5 rings (SSSR count). The summed E-state index contributed by atoms with van der Waals surface area (Å²) in [6, 6.07) is 13.3. The number of likely N-dealkylation sites (tertiary alicyclic amines) is 1. The van der Waals surface area contributed by atoms with Crippen molar-refractivity contribution in [3.63, 3.8) is 0 Å². The lowest BCUT2D eigenvalue weighted by atomic mass is 10.0. The van der Waals surface area contributed by atoms with E-state index in [0.29, 0.717) is 17.5 Å². The van der Waals surface area contributed by atoms with E-state index >= 15 is 0 Å². The Hall–Kier alpha value is -2.62. The van der Waals surface area contributed by atoms with Gasteiger partial charge in [-0.1, -0.05) is 19.1 Å². The Morgan fingerprint density at radius 1 is 1.23 bits per heavy atom. The molecule has 2 saturated heterocycles. The zero-order chi connectivity index (χ0) is 21.4. The van der Waals surface area contributed by atoms with Gasteiger partial charge in [0.25, 0.3) is 0 Å². The number of imidazole rings is 1. The van der Waals surface area contributed by atoms with Crippen LogP contribution in [0.2, 0.25) is 0 Å². The van der Waals surface area contributed by atoms with Crippen molar-refractivity contribution in [2.75, 3.05) is 44.8 Å². The highest BCUT2D eigenvalue weighted by molar-refractivity contribution is 5.85. The van der Waals surface area contributed by atoms with Crippen LogP contribution in [-0.2, 0) is 11.2 Å². The summed E-state index contributed by atoms with van der Waals surface area (Å²) in [7, 11) is 2.21. The van der Waals surface area contributed by atoms with Gasteiger partial charge in [0.15, 0.2) is 5.65 Å². The molecule has 0 bridgehead atoms. The number of para-hydroxylation sites is 2. The Kier molecular flexibility index (Phi) is 5.56. The quantitative estimate of drug-likeness (QED) is 0.631. The number of nitriles is 1. The summed E-state index contributed by atoms with van der Waals surface area (Å²) < 4.78 is 7.75. The predicted molar refractivity (Wildman–Crippen MR) is 124 cm³/mol. The molecule has 2 aliphatic heterocycles. The highest BCUT2D eigenvalue weighted by Gasteiger charge is 2.28. The van der Waals surface area contributed by atoms with Gasteiger partial charge in [-0.15, -0.1) is 0 Å². The van der Waals surface area contributed by atoms with Gasteiger partial charge in [0.05, 0.1) is 23.2 Å². The van der Waals surface area contributed by atoms with E-state index in [1.54, 1.807) is 0 Å². The first-order chi connectivity index (χ1) is 15.2. The monoisotopic (exact) mass is 417 g/mol. The van der Waals surface area contributed by atoms with Gasteiger partial charge in [0.1, 0.15) is 11.9 Å². The van der Waals surface area contributed by atoms with Crippen LogP contribution >= 0.6 is 0 Å². The van der Waals surface area contributed by atoms with E-state index in [4.69, 9.17) is 9.72 Å². The number of aryl methyl sites for hydroxylation is 1. The van der Waals surface area contributed by atoms with E-state index in [-0.39, 0.29) is 0 Å².